The molecule has 0 fully saturated rings. The van der Waals surface area contributed by atoms with Gasteiger partial charge in [-0.3, -0.25) is 9.59 Å². The molecule has 0 saturated heterocycles. The topological polar surface area (TPSA) is 117 Å². The highest BCUT2D eigenvalue weighted by Crippen LogP contribution is 2.41. The van der Waals surface area contributed by atoms with Crippen molar-refractivity contribution in [3.8, 4) is 23.0 Å². The molecule has 190 valence electrons. The first-order valence-corrected chi connectivity index (χ1v) is 11.7. The van der Waals surface area contributed by atoms with E-state index in [1.54, 1.807) is 58.9 Å². The number of benzene rings is 3. The Hall–Kier alpha value is -4.20. The first-order chi connectivity index (χ1) is 17.0. The minimum atomic E-state index is -0.644. The van der Waals surface area contributed by atoms with Crippen molar-refractivity contribution >= 4 is 23.2 Å². The third kappa shape index (κ3) is 6.07. The summed E-state index contributed by atoms with van der Waals surface area (Å²) < 4.78 is 11.5. The van der Waals surface area contributed by atoms with Crippen molar-refractivity contribution in [3.05, 3.63) is 70.8 Å². The number of carbonyl (C=O) groups is 2. The summed E-state index contributed by atoms with van der Waals surface area (Å²) in [6.45, 7) is 10.8. The van der Waals surface area contributed by atoms with E-state index in [1.165, 1.54) is 12.1 Å². The van der Waals surface area contributed by atoms with Crippen LogP contribution in [-0.4, -0.2) is 34.2 Å². The van der Waals surface area contributed by atoms with Crippen LogP contribution in [0.5, 0.6) is 23.0 Å². The van der Waals surface area contributed by atoms with Crippen molar-refractivity contribution in [3.63, 3.8) is 0 Å². The molecule has 4 N–H and O–H groups in total. The molecule has 3 aromatic carbocycles. The summed E-state index contributed by atoms with van der Waals surface area (Å²) in [4.78, 5) is 25.9. The Kier molecular flexibility index (Phi) is 8.09. The fourth-order valence-electron chi connectivity index (χ4n) is 3.42. The van der Waals surface area contributed by atoms with Gasteiger partial charge in [0.1, 0.15) is 0 Å². The molecule has 0 aliphatic heterocycles. The number of phenols is 2. The molecule has 0 radical (unpaired) electrons. The number of carbonyl (C=O) groups excluding carboxylic acids is 2. The van der Waals surface area contributed by atoms with Gasteiger partial charge in [-0.05, 0) is 77.4 Å². The van der Waals surface area contributed by atoms with E-state index in [1.807, 2.05) is 19.1 Å². The van der Waals surface area contributed by atoms with E-state index in [2.05, 4.69) is 10.6 Å². The van der Waals surface area contributed by atoms with Crippen LogP contribution in [0.4, 0.5) is 11.4 Å². The molecule has 3 aromatic rings. The molecule has 0 atom stereocenters. The lowest BCUT2D eigenvalue weighted by molar-refractivity contribution is 0.101. The third-order valence-corrected chi connectivity index (χ3v) is 5.23. The Balaban J connectivity index is 1.94. The fourth-order valence-corrected chi connectivity index (χ4v) is 3.42. The zero-order valence-electron chi connectivity index (χ0n) is 21.3. The van der Waals surface area contributed by atoms with E-state index < -0.39 is 11.7 Å². The average Bonchev–Trinajstić information content (AvgIpc) is 2.81. The molecule has 0 bridgehead atoms. The molecule has 2 amide bonds. The Labute approximate surface area is 210 Å². The van der Waals surface area contributed by atoms with E-state index in [0.717, 1.165) is 5.56 Å². The molecule has 0 spiro atoms. The van der Waals surface area contributed by atoms with Gasteiger partial charge in [0, 0.05) is 5.56 Å². The molecule has 0 aliphatic rings. The van der Waals surface area contributed by atoms with Crippen LogP contribution in [0.1, 0.15) is 59.5 Å². The van der Waals surface area contributed by atoms with Crippen LogP contribution in [0.3, 0.4) is 0 Å². The average molecular weight is 493 g/mol. The van der Waals surface area contributed by atoms with Gasteiger partial charge in [0.05, 0.1) is 29.1 Å². The molecular formula is C28H32N2O6. The van der Waals surface area contributed by atoms with Crippen LogP contribution < -0.4 is 20.1 Å². The summed E-state index contributed by atoms with van der Waals surface area (Å²) in [5.41, 5.74) is 2.45. The maximum Gasteiger partial charge on any atom is 0.259 e. The number of hydrogen-bond donors (Lipinski definition) is 4. The SMILES string of the molecule is Cc1ccc(C(=O)Nc2ccc(C(=O)Nc3ccc(C)c(O)c3OC(C)C)c(O)c2OC(C)C)cc1. The zero-order valence-corrected chi connectivity index (χ0v) is 21.3. The largest absolute Gasteiger partial charge is 0.504 e. The number of phenolic OH excluding ortho intramolecular Hbond substituents is 2. The minimum Gasteiger partial charge on any atom is -0.504 e. The van der Waals surface area contributed by atoms with Gasteiger partial charge in [0.25, 0.3) is 11.8 Å². The Morgan fingerprint density at radius 1 is 0.694 bits per heavy atom. The van der Waals surface area contributed by atoms with Gasteiger partial charge in [-0.1, -0.05) is 23.8 Å². The van der Waals surface area contributed by atoms with Crippen LogP contribution in [-0.2, 0) is 0 Å². The monoisotopic (exact) mass is 492 g/mol. The summed E-state index contributed by atoms with van der Waals surface area (Å²) >= 11 is 0. The number of ether oxygens (including phenoxy) is 2. The third-order valence-electron chi connectivity index (χ3n) is 5.23. The molecule has 0 aliphatic carbocycles. The van der Waals surface area contributed by atoms with Gasteiger partial charge in [-0.2, -0.15) is 0 Å². The first kappa shape index (κ1) is 26.4. The summed E-state index contributed by atoms with van der Waals surface area (Å²) in [5.74, 6) is -1.42. The molecule has 0 saturated carbocycles. The van der Waals surface area contributed by atoms with Crippen molar-refractivity contribution in [1.82, 2.24) is 0 Å². The number of hydrogen-bond acceptors (Lipinski definition) is 6. The maximum absolute atomic E-state index is 13.1. The van der Waals surface area contributed by atoms with Gasteiger partial charge >= 0.3 is 0 Å². The second-order valence-corrected chi connectivity index (χ2v) is 9.05. The number of anilines is 2. The van der Waals surface area contributed by atoms with Gasteiger partial charge < -0.3 is 30.3 Å². The number of rotatable bonds is 8. The molecule has 8 heteroatoms. The van der Waals surface area contributed by atoms with E-state index in [9.17, 15) is 19.8 Å². The highest BCUT2D eigenvalue weighted by Gasteiger charge is 2.23. The number of nitrogens with one attached hydrogen (secondary N) is 2. The lowest BCUT2D eigenvalue weighted by Gasteiger charge is -2.20. The van der Waals surface area contributed by atoms with E-state index in [0.29, 0.717) is 11.1 Å². The first-order valence-electron chi connectivity index (χ1n) is 11.7. The van der Waals surface area contributed by atoms with E-state index >= 15 is 0 Å². The second kappa shape index (κ2) is 11.0. The van der Waals surface area contributed by atoms with Gasteiger partial charge in [-0.25, -0.2) is 0 Å². The van der Waals surface area contributed by atoms with Crippen LogP contribution >= 0.6 is 0 Å². The van der Waals surface area contributed by atoms with Crippen LogP contribution in [0.2, 0.25) is 0 Å². The van der Waals surface area contributed by atoms with Crippen molar-refractivity contribution < 1.29 is 29.3 Å². The Morgan fingerprint density at radius 3 is 1.75 bits per heavy atom. The lowest BCUT2D eigenvalue weighted by atomic mass is 10.1. The van der Waals surface area contributed by atoms with Gasteiger partial charge in [0.15, 0.2) is 23.0 Å². The molecule has 0 unspecified atom stereocenters. The van der Waals surface area contributed by atoms with E-state index in [4.69, 9.17) is 9.47 Å². The molecule has 36 heavy (non-hydrogen) atoms. The van der Waals surface area contributed by atoms with Crippen molar-refractivity contribution in [2.75, 3.05) is 10.6 Å². The quantitative estimate of drug-likeness (QED) is 0.316. The number of aryl methyl sites for hydroxylation is 2. The smallest absolute Gasteiger partial charge is 0.259 e. The molecule has 0 heterocycles. The zero-order chi connectivity index (χ0) is 26.6. The second-order valence-electron chi connectivity index (χ2n) is 9.05. The number of amides is 2. The maximum atomic E-state index is 13.1. The Bertz CT molecular complexity index is 1270. The molecule has 3 rings (SSSR count). The standard InChI is InChI=1S/C28H32N2O6/c1-15(2)35-25-21(13-9-18(6)23(25)31)30-28(34)20-12-14-22(26(24(20)32)36-16(3)4)29-27(33)19-10-7-17(5)8-11-19/h7-16,31-32H,1-6H3,(H,29,33)(H,30,34). The summed E-state index contributed by atoms with van der Waals surface area (Å²) in [6.07, 6.45) is -0.589. The highest BCUT2D eigenvalue weighted by atomic mass is 16.5. The summed E-state index contributed by atoms with van der Waals surface area (Å²) in [7, 11) is 0. The summed E-state index contributed by atoms with van der Waals surface area (Å²) in [6, 6.07) is 13.2. The minimum absolute atomic E-state index is 0.0245. The normalized spacial score (nSPS) is 10.9. The fraction of sp³-hybridized carbons (Fsp3) is 0.286. The van der Waals surface area contributed by atoms with Gasteiger partial charge in [-0.15, -0.1) is 0 Å². The van der Waals surface area contributed by atoms with Crippen LogP contribution in [0, 0.1) is 13.8 Å². The highest BCUT2D eigenvalue weighted by molar-refractivity contribution is 6.09. The summed E-state index contributed by atoms with van der Waals surface area (Å²) in [5, 5.41) is 26.9. The van der Waals surface area contributed by atoms with Crippen LogP contribution in [0.15, 0.2) is 48.5 Å². The van der Waals surface area contributed by atoms with Crippen molar-refractivity contribution in [1.29, 1.82) is 0 Å². The number of aromatic hydroxyl groups is 2. The van der Waals surface area contributed by atoms with Crippen molar-refractivity contribution in [2.45, 2.75) is 53.8 Å². The molecular weight excluding hydrogens is 460 g/mol. The predicted molar refractivity (Wildman–Crippen MR) is 140 cm³/mol. The molecule has 8 nitrogen and oxygen atoms in total. The van der Waals surface area contributed by atoms with E-state index in [-0.39, 0.29) is 52.3 Å². The predicted octanol–water partition coefficient (Wildman–Crippen LogP) is 5.79. The van der Waals surface area contributed by atoms with Gasteiger partial charge in [0.2, 0.25) is 0 Å². The van der Waals surface area contributed by atoms with Crippen LogP contribution in [0.25, 0.3) is 0 Å². The van der Waals surface area contributed by atoms with Crippen molar-refractivity contribution in [2.24, 2.45) is 0 Å². The Morgan fingerprint density at radius 2 is 1.19 bits per heavy atom. The molecule has 0 aromatic heterocycles. The lowest BCUT2D eigenvalue weighted by Crippen LogP contribution is -2.17.